The number of hydrogen-bond acceptors (Lipinski definition) is 4. The van der Waals surface area contributed by atoms with Crippen molar-refractivity contribution in [1.29, 1.82) is 5.26 Å². The van der Waals surface area contributed by atoms with Gasteiger partial charge in [0.05, 0.1) is 30.4 Å². The summed E-state index contributed by atoms with van der Waals surface area (Å²) in [5.41, 5.74) is -0.133. The van der Waals surface area contributed by atoms with Crippen LogP contribution in [0.1, 0.15) is 51.7 Å². The summed E-state index contributed by atoms with van der Waals surface area (Å²) in [4.78, 5) is 13.9. The van der Waals surface area contributed by atoms with Gasteiger partial charge in [-0.15, -0.1) is 0 Å². The maximum atomic E-state index is 13.5. The molecule has 0 spiro atoms. The third kappa shape index (κ3) is 5.17. The average molecular weight is 348 g/mol. The Morgan fingerprint density at radius 3 is 2.72 bits per heavy atom. The molecule has 0 saturated carbocycles. The molecule has 1 heterocycles. The number of benzene rings is 1. The molecular weight excluding hydrogens is 323 g/mol. The first-order chi connectivity index (χ1) is 11.7. The predicted molar refractivity (Wildman–Crippen MR) is 91.4 cm³/mol. The van der Waals surface area contributed by atoms with Gasteiger partial charge in [-0.2, -0.15) is 5.26 Å². The van der Waals surface area contributed by atoms with Crippen LogP contribution in [0.25, 0.3) is 0 Å². The molecule has 0 aliphatic carbocycles. The molecule has 0 aromatic heterocycles. The molecule has 1 fully saturated rings. The number of hydrogen-bond donors (Lipinski definition) is 0. The Kier molecular flexibility index (Phi) is 5.69. The van der Waals surface area contributed by atoms with Crippen LogP contribution >= 0.6 is 0 Å². The second-order valence-electron chi connectivity index (χ2n) is 7.44. The highest BCUT2D eigenvalue weighted by Crippen LogP contribution is 2.31. The van der Waals surface area contributed by atoms with Gasteiger partial charge in [0.1, 0.15) is 11.4 Å². The first-order valence-corrected chi connectivity index (χ1v) is 8.48. The van der Waals surface area contributed by atoms with E-state index in [0.29, 0.717) is 25.1 Å². The van der Waals surface area contributed by atoms with E-state index in [2.05, 4.69) is 0 Å². The zero-order valence-electron chi connectivity index (χ0n) is 15.3. The molecule has 1 atom stereocenters. The van der Waals surface area contributed by atoms with Crippen molar-refractivity contribution in [2.24, 2.45) is 0 Å². The molecule has 1 aliphatic rings. The average Bonchev–Trinajstić information content (AvgIpc) is 2.96. The highest BCUT2D eigenvalue weighted by atomic mass is 19.1. The van der Waals surface area contributed by atoms with Crippen LogP contribution in [-0.2, 0) is 16.1 Å². The van der Waals surface area contributed by atoms with Crippen molar-refractivity contribution in [1.82, 2.24) is 4.90 Å². The van der Waals surface area contributed by atoms with E-state index in [4.69, 9.17) is 14.7 Å². The summed E-state index contributed by atoms with van der Waals surface area (Å²) in [5.74, 6) is -0.454. The number of carbonyl (C=O) groups is 1. The lowest BCUT2D eigenvalue weighted by atomic mass is 9.99. The summed E-state index contributed by atoms with van der Waals surface area (Å²) < 4.78 is 25.0. The molecular formula is C19H25FN2O3. The summed E-state index contributed by atoms with van der Waals surface area (Å²) >= 11 is 0. The Bertz CT molecular complexity index is 678. The second kappa shape index (κ2) is 7.40. The van der Waals surface area contributed by atoms with Crippen molar-refractivity contribution < 1.29 is 18.7 Å². The van der Waals surface area contributed by atoms with Gasteiger partial charge in [0.15, 0.2) is 0 Å². The van der Waals surface area contributed by atoms with Crippen LogP contribution < -0.4 is 0 Å². The standard InChI is InChI=1S/C19H25FN2O3/c1-5-19(6-7-22(13-19)17(23)25-18(2,3)4)24-12-15-8-14(11-21)9-16(20)10-15/h8-10H,5-7,12-13H2,1-4H3. The van der Waals surface area contributed by atoms with Crippen molar-refractivity contribution in [2.45, 2.75) is 58.3 Å². The number of ether oxygens (including phenoxy) is 2. The number of rotatable bonds is 4. The van der Waals surface area contributed by atoms with Gasteiger partial charge in [-0.1, -0.05) is 6.92 Å². The zero-order valence-corrected chi connectivity index (χ0v) is 15.3. The first-order valence-electron chi connectivity index (χ1n) is 8.48. The SMILES string of the molecule is CCC1(OCc2cc(F)cc(C#N)c2)CCN(C(=O)OC(C)(C)C)C1. The lowest BCUT2D eigenvalue weighted by Gasteiger charge is -2.29. The van der Waals surface area contributed by atoms with E-state index in [1.54, 1.807) is 11.0 Å². The van der Waals surface area contributed by atoms with Crippen LogP contribution in [0, 0.1) is 17.1 Å². The Morgan fingerprint density at radius 1 is 1.40 bits per heavy atom. The minimum atomic E-state index is -0.537. The summed E-state index contributed by atoms with van der Waals surface area (Å²) in [6.07, 6.45) is 1.08. The number of nitrogens with zero attached hydrogens (tertiary/aromatic N) is 2. The lowest BCUT2D eigenvalue weighted by Crippen LogP contribution is -2.40. The Labute approximate surface area is 148 Å². The molecule has 6 heteroatoms. The Morgan fingerprint density at radius 2 is 2.12 bits per heavy atom. The van der Waals surface area contributed by atoms with E-state index in [-0.39, 0.29) is 18.3 Å². The number of amides is 1. The highest BCUT2D eigenvalue weighted by molar-refractivity contribution is 5.68. The lowest BCUT2D eigenvalue weighted by molar-refractivity contribution is -0.0528. The molecule has 1 saturated heterocycles. The quantitative estimate of drug-likeness (QED) is 0.825. The van der Waals surface area contributed by atoms with Gasteiger partial charge < -0.3 is 14.4 Å². The van der Waals surface area contributed by atoms with E-state index >= 15 is 0 Å². The van der Waals surface area contributed by atoms with Crippen molar-refractivity contribution in [3.8, 4) is 6.07 Å². The zero-order chi connectivity index (χ0) is 18.7. The molecule has 1 aromatic rings. The molecule has 0 N–H and O–H groups in total. The second-order valence-corrected chi connectivity index (χ2v) is 7.44. The third-order valence-electron chi connectivity index (χ3n) is 4.24. The van der Waals surface area contributed by atoms with Crippen LogP contribution in [0.2, 0.25) is 0 Å². The molecule has 1 aliphatic heterocycles. The Balaban J connectivity index is 2.02. The fourth-order valence-electron chi connectivity index (χ4n) is 2.87. The van der Waals surface area contributed by atoms with Crippen molar-refractivity contribution in [3.05, 3.63) is 35.1 Å². The molecule has 2 rings (SSSR count). The van der Waals surface area contributed by atoms with Crippen LogP contribution in [-0.4, -0.2) is 35.3 Å². The van der Waals surface area contributed by atoms with Crippen LogP contribution in [0.15, 0.2) is 18.2 Å². The largest absolute Gasteiger partial charge is 0.444 e. The van der Waals surface area contributed by atoms with Crippen molar-refractivity contribution >= 4 is 6.09 Å². The van der Waals surface area contributed by atoms with Gasteiger partial charge in [0, 0.05) is 6.54 Å². The van der Waals surface area contributed by atoms with Gasteiger partial charge in [-0.05, 0) is 57.4 Å². The molecule has 136 valence electrons. The number of nitriles is 1. The smallest absolute Gasteiger partial charge is 0.410 e. The molecule has 5 nitrogen and oxygen atoms in total. The Hall–Kier alpha value is -2.13. The van der Waals surface area contributed by atoms with E-state index < -0.39 is 17.0 Å². The van der Waals surface area contributed by atoms with Crippen LogP contribution in [0.3, 0.4) is 0 Å². The highest BCUT2D eigenvalue weighted by Gasteiger charge is 2.41. The van der Waals surface area contributed by atoms with Gasteiger partial charge in [-0.25, -0.2) is 9.18 Å². The molecule has 25 heavy (non-hydrogen) atoms. The summed E-state index contributed by atoms with van der Waals surface area (Å²) in [7, 11) is 0. The van der Waals surface area contributed by atoms with E-state index in [0.717, 1.165) is 6.42 Å². The molecule has 0 radical (unpaired) electrons. The number of halogens is 1. The topological polar surface area (TPSA) is 62.6 Å². The maximum Gasteiger partial charge on any atom is 0.410 e. The van der Waals surface area contributed by atoms with Gasteiger partial charge in [-0.3, -0.25) is 0 Å². The van der Waals surface area contributed by atoms with E-state index in [1.165, 1.54) is 12.1 Å². The molecule has 1 unspecified atom stereocenters. The van der Waals surface area contributed by atoms with Crippen LogP contribution in [0.4, 0.5) is 9.18 Å². The number of likely N-dealkylation sites (tertiary alicyclic amines) is 1. The minimum Gasteiger partial charge on any atom is -0.444 e. The fraction of sp³-hybridized carbons (Fsp3) is 0.579. The predicted octanol–water partition coefficient (Wildman–Crippen LogP) is 4.00. The van der Waals surface area contributed by atoms with Crippen LogP contribution in [0.5, 0.6) is 0 Å². The summed E-state index contributed by atoms with van der Waals surface area (Å²) in [6, 6.07) is 6.12. The normalized spacial score (nSPS) is 20.4. The van der Waals surface area contributed by atoms with Crippen molar-refractivity contribution in [3.63, 3.8) is 0 Å². The van der Waals surface area contributed by atoms with Gasteiger partial charge in [0.2, 0.25) is 0 Å². The minimum absolute atomic E-state index is 0.197. The molecule has 0 bridgehead atoms. The monoisotopic (exact) mass is 348 g/mol. The van der Waals surface area contributed by atoms with Gasteiger partial charge >= 0.3 is 6.09 Å². The van der Waals surface area contributed by atoms with E-state index in [9.17, 15) is 9.18 Å². The third-order valence-corrected chi connectivity index (χ3v) is 4.24. The van der Waals surface area contributed by atoms with E-state index in [1.807, 2.05) is 33.8 Å². The summed E-state index contributed by atoms with van der Waals surface area (Å²) in [5, 5.41) is 8.94. The first kappa shape index (κ1) is 19.2. The number of carbonyl (C=O) groups excluding carboxylic acids is 1. The molecule has 1 amide bonds. The van der Waals surface area contributed by atoms with Gasteiger partial charge in [0.25, 0.3) is 0 Å². The fourth-order valence-corrected chi connectivity index (χ4v) is 2.87. The maximum absolute atomic E-state index is 13.5. The molecule has 1 aromatic carbocycles. The summed E-state index contributed by atoms with van der Waals surface area (Å²) in [6.45, 7) is 8.71. The van der Waals surface area contributed by atoms with Crippen molar-refractivity contribution in [2.75, 3.05) is 13.1 Å².